The Morgan fingerprint density at radius 1 is 1.02 bits per heavy atom. The quantitative estimate of drug-likeness (QED) is 0.250. The number of hydrogen-bond donors (Lipinski definition) is 1. The van der Waals surface area contributed by atoms with E-state index in [1.165, 1.54) is 12.1 Å². The fourth-order valence-electron chi connectivity index (χ4n) is 5.23. The minimum Gasteiger partial charge on any atom is -0.467 e. The molecule has 1 N–H and O–H groups in total. The number of halogens is 1. The SMILES string of the molecule is CCOC(=O)c1c(CCc2ccc(F)cc2)nc2c(c1-c1ccc(C(=O)NCc3ccco3)cc1)C(=O)CC(C)C2. The van der Waals surface area contributed by atoms with Gasteiger partial charge in [-0.05, 0) is 79.6 Å². The molecule has 210 valence electrons. The Bertz CT molecular complexity index is 1560. The van der Waals surface area contributed by atoms with Crippen molar-refractivity contribution in [3.05, 3.63) is 112 Å². The van der Waals surface area contributed by atoms with Crippen LogP contribution in [0.15, 0.2) is 71.3 Å². The van der Waals surface area contributed by atoms with E-state index >= 15 is 0 Å². The number of rotatable bonds is 9. The highest BCUT2D eigenvalue weighted by Crippen LogP contribution is 2.37. The molecule has 0 saturated carbocycles. The van der Waals surface area contributed by atoms with Crippen molar-refractivity contribution in [2.24, 2.45) is 5.92 Å². The molecule has 1 atom stereocenters. The lowest BCUT2D eigenvalue weighted by Gasteiger charge is -2.26. The molecule has 7 nitrogen and oxygen atoms in total. The zero-order chi connectivity index (χ0) is 28.9. The number of nitrogens with zero attached hydrogens (tertiary/aromatic N) is 1. The second-order valence-corrected chi connectivity index (χ2v) is 10.3. The lowest BCUT2D eigenvalue weighted by atomic mass is 9.80. The summed E-state index contributed by atoms with van der Waals surface area (Å²) in [5.41, 5.74) is 4.32. The van der Waals surface area contributed by atoms with Gasteiger partial charge in [0.05, 0.1) is 36.4 Å². The zero-order valence-electron chi connectivity index (χ0n) is 23.0. The highest BCUT2D eigenvalue weighted by molar-refractivity contribution is 6.10. The average molecular weight is 555 g/mol. The van der Waals surface area contributed by atoms with Crippen molar-refractivity contribution in [1.82, 2.24) is 10.3 Å². The summed E-state index contributed by atoms with van der Waals surface area (Å²) >= 11 is 0. The van der Waals surface area contributed by atoms with Gasteiger partial charge in [0.25, 0.3) is 5.91 Å². The fourth-order valence-corrected chi connectivity index (χ4v) is 5.23. The number of nitrogens with one attached hydrogen (secondary N) is 1. The molecule has 0 aliphatic heterocycles. The predicted molar refractivity (Wildman–Crippen MR) is 151 cm³/mol. The maximum Gasteiger partial charge on any atom is 0.340 e. The number of Topliss-reactive ketones (excluding diaryl/α,β-unsaturated/α-hetero) is 1. The van der Waals surface area contributed by atoms with E-state index in [4.69, 9.17) is 14.1 Å². The molecule has 2 aromatic heterocycles. The second kappa shape index (κ2) is 12.3. The van der Waals surface area contributed by atoms with Crippen LogP contribution in [0.2, 0.25) is 0 Å². The van der Waals surface area contributed by atoms with Crippen LogP contribution < -0.4 is 5.32 Å². The summed E-state index contributed by atoms with van der Waals surface area (Å²) in [6.45, 7) is 4.15. The highest BCUT2D eigenvalue weighted by Gasteiger charge is 2.33. The third-order valence-corrected chi connectivity index (χ3v) is 7.18. The number of fused-ring (bicyclic) bond motifs is 1. The molecular weight excluding hydrogens is 523 g/mol. The molecule has 41 heavy (non-hydrogen) atoms. The third kappa shape index (κ3) is 6.27. The highest BCUT2D eigenvalue weighted by atomic mass is 19.1. The minimum absolute atomic E-state index is 0.0721. The first-order valence-corrected chi connectivity index (χ1v) is 13.8. The molecule has 1 aliphatic carbocycles. The molecule has 0 bridgehead atoms. The van der Waals surface area contributed by atoms with Crippen molar-refractivity contribution in [3.63, 3.8) is 0 Å². The molecule has 0 radical (unpaired) electrons. The van der Waals surface area contributed by atoms with Crippen molar-refractivity contribution >= 4 is 17.7 Å². The lowest BCUT2D eigenvalue weighted by molar-refractivity contribution is 0.0525. The summed E-state index contributed by atoms with van der Waals surface area (Å²) in [6, 6.07) is 16.6. The maximum absolute atomic E-state index is 13.5. The summed E-state index contributed by atoms with van der Waals surface area (Å²) in [5.74, 6) is -0.468. The molecule has 0 fully saturated rings. The van der Waals surface area contributed by atoms with Gasteiger partial charge in [-0.2, -0.15) is 0 Å². The monoisotopic (exact) mass is 554 g/mol. The van der Waals surface area contributed by atoms with Gasteiger partial charge in [0, 0.05) is 23.1 Å². The molecule has 1 aliphatic rings. The molecule has 5 rings (SSSR count). The molecule has 8 heteroatoms. The van der Waals surface area contributed by atoms with Crippen molar-refractivity contribution in [1.29, 1.82) is 0 Å². The molecule has 4 aromatic rings. The van der Waals surface area contributed by atoms with Gasteiger partial charge in [0.2, 0.25) is 0 Å². The number of pyridine rings is 1. The maximum atomic E-state index is 13.5. The number of hydrogen-bond acceptors (Lipinski definition) is 6. The number of furan rings is 1. The van der Waals surface area contributed by atoms with Gasteiger partial charge in [-0.1, -0.05) is 31.2 Å². The Labute approximate surface area is 237 Å². The Morgan fingerprint density at radius 2 is 1.78 bits per heavy atom. The third-order valence-electron chi connectivity index (χ3n) is 7.18. The van der Waals surface area contributed by atoms with Gasteiger partial charge in [-0.3, -0.25) is 14.6 Å². The van der Waals surface area contributed by atoms with Crippen molar-refractivity contribution < 1.29 is 27.9 Å². The number of aromatic nitrogens is 1. The zero-order valence-corrected chi connectivity index (χ0v) is 23.0. The van der Waals surface area contributed by atoms with E-state index in [1.54, 1.807) is 61.7 Å². The van der Waals surface area contributed by atoms with E-state index in [2.05, 4.69) is 5.32 Å². The van der Waals surface area contributed by atoms with E-state index < -0.39 is 5.97 Å². The van der Waals surface area contributed by atoms with Crippen LogP contribution in [0.25, 0.3) is 11.1 Å². The van der Waals surface area contributed by atoms with E-state index in [-0.39, 0.29) is 42.1 Å². The summed E-state index contributed by atoms with van der Waals surface area (Å²) in [7, 11) is 0. The van der Waals surface area contributed by atoms with Gasteiger partial charge in [0.15, 0.2) is 5.78 Å². The van der Waals surface area contributed by atoms with Crippen LogP contribution in [0, 0.1) is 11.7 Å². The number of ether oxygens (including phenoxy) is 1. The summed E-state index contributed by atoms with van der Waals surface area (Å²) in [6.07, 6.45) is 3.43. The van der Waals surface area contributed by atoms with Gasteiger partial charge >= 0.3 is 5.97 Å². The smallest absolute Gasteiger partial charge is 0.340 e. The van der Waals surface area contributed by atoms with Crippen molar-refractivity contribution in [3.8, 4) is 11.1 Å². The largest absolute Gasteiger partial charge is 0.467 e. The number of benzene rings is 2. The number of ketones is 1. The van der Waals surface area contributed by atoms with Crippen LogP contribution in [-0.4, -0.2) is 29.3 Å². The van der Waals surface area contributed by atoms with E-state index in [1.807, 2.05) is 6.92 Å². The molecular formula is C33H31FN2O5. The summed E-state index contributed by atoms with van der Waals surface area (Å²) in [4.78, 5) is 44.5. The fraction of sp³-hybridized carbons (Fsp3) is 0.273. The van der Waals surface area contributed by atoms with Gasteiger partial charge in [0.1, 0.15) is 11.6 Å². The van der Waals surface area contributed by atoms with Crippen LogP contribution in [0.3, 0.4) is 0 Å². The Hall–Kier alpha value is -4.59. The standard InChI is InChI=1S/C33H31FN2O5/c1-3-40-33(39)31-26(15-8-21-6-13-24(34)14-7-21)36-27-17-20(2)18-28(37)30(27)29(31)22-9-11-23(12-10-22)32(38)35-19-25-5-4-16-41-25/h4-7,9-14,16,20H,3,8,15,17-19H2,1-2H3,(H,35,38). The van der Waals surface area contributed by atoms with Gasteiger partial charge in [-0.15, -0.1) is 0 Å². The second-order valence-electron chi connectivity index (χ2n) is 10.3. The van der Waals surface area contributed by atoms with Crippen LogP contribution in [0.5, 0.6) is 0 Å². The van der Waals surface area contributed by atoms with E-state index in [0.717, 1.165) is 5.56 Å². The van der Waals surface area contributed by atoms with Crippen molar-refractivity contribution in [2.45, 2.75) is 46.1 Å². The molecule has 0 spiro atoms. The number of amides is 1. The average Bonchev–Trinajstić information content (AvgIpc) is 3.49. The first kappa shape index (κ1) is 28.0. The summed E-state index contributed by atoms with van der Waals surface area (Å²) in [5, 5.41) is 2.82. The van der Waals surface area contributed by atoms with Crippen LogP contribution in [0.1, 0.15) is 74.1 Å². The van der Waals surface area contributed by atoms with Crippen LogP contribution in [-0.2, 0) is 30.5 Å². The number of carbonyl (C=O) groups is 3. The predicted octanol–water partition coefficient (Wildman–Crippen LogP) is 6.14. The van der Waals surface area contributed by atoms with Gasteiger partial charge in [-0.25, -0.2) is 9.18 Å². The van der Waals surface area contributed by atoms with Crippen LogP contribution in [0.4, 0.5) is 4.39 Å². The van der Waals surface area contributed by atoms with E-state index in [9.17, 15) is 18.8 Å². The molecule has 1 amide bonds. The van der Waals surface area contributed by atoms with Crippen LogP contribution >= 0.6 is 0 Å². The normalized spacial score (nSPS) is 14.4. The minimum atomic E-state index is -0.557. The topological polar surface area (TPSA) is 98.5 Å². The molecule has 0 saturated heterocycles. The molecule has 1 unspecified atom stereocenters. The molecule has 2 heterocycles. The summed E-state index contributed by atoms with van der Waals surface area (Å²) < 4.78 is 24.2. The number of aryl methyl sites for hydroxylation is 2. The Morgan fingerprint density at radius 3 is 2.46 bits per heavy atom. The number of carbonyl (C=O) groups excluding carboxylic acids is 3. The number of esters is 1. The first-order chi connectivity index (χ1) is 19.8. The van der Waals surface area contributed by atoms with Crippen molar-refractivity contribution in [2.75, 3.05) is 6.61 Å². The lowest BCUT2D eigenvalue weighted by Crippen LogP contribution is -2.25. The Balaban J connectivity index is 1.56. The molecule has 2 aromatic carbocycles. The van der Waals surface area contributed by atoms with Gasteiger partial charge < -0.3 is 14.5 Å². The van der Waals surface area contributed by atoms with E-state index in [0.29, 0.717) is 65.1 Å². The Kier molecular flexibility index (Phi) is 8.38. The first-order valence-electron chi connectivity index (χ1n) is 13.8.